The largest absolute Gasteiger partial charge is 0.357 e. The second-order valence-corrected chi connectivity index (χ2v) is 5.67. The van der Waals surface area contributed by atoms with Crippen molar-refractivity contribution in [3.63, 3.8) is 0 Å². The van der Waals surface area contributed by atoms with Crippen molar-refractivity contribution < 1.29 is 0 Å². The molecule has 24 heavy (non-hydrogen) atoms. The molecular formula is C19H27N5. The minimum atomic E-state index is 0.579. The Morgan fingerprint density at radius 2 is 1.88 bits per heavy atom. The summed E-state index contributed by atoms with van der Waals surface area (Å²) in [7, 11) is 2.13. The Morgan fingerprint density at radius 1 is 1.08 bits per heavy atom. The highest BCUT2D eigenvalue weighted by molar-refractivity contribution is 5.79. The SMILES string of the molecule is CCNC(=NCc1ccccn1)NCCN(C)Cc1ccccc1. The summed E-state index contributed by atoms with van der Waals surface area (Å²) in [5, 5.41) is 6.65. The molecule has 0 radical (unpaired) electrons. The van der Waals surface area contributed by atoms with Crippen LogP contribution in [0.4, 0.5) is 0 Å². The Bertz CT molecular complexity index is 598. The molecule has 0 aliphatic rings. The van der Waals surface area contributed by atoms with Crippen LogP contribution in [0, 0.1) is 0 Å². The summed E-state index contributed by atoms with van der Waals surface area (Å²) in [6, 6.07) is 16.4. The monoisotopic (exact) mass is 325 g/mol. The smallest absolute Gasteiger partial charge is 0.191 e. The fourth-order valence-corrected chi connectivity index (χ4v) is 2.33. The molecule has 1 aromatic carbocycles. The van der Waals surface area contributed by atoms with E-state index in [0.29, 0.717) is 6.54 Å². The lowest BCUT2D eigenvalue weighted by atomic mass is 10.2. The van der Waals surface area contributed by atoms with Crippen molar-refractivity contribution in [1.82, 2.24) is 20.5 Å². The van der Waals surface area contributed by atoms with Gasteiger partial charge >= 0.3 is 0 Å². The molecule has 0 aliphatic heterocycles. The standard InChI is InChI=1S/C19H27N5/c1-3-20-19(23-15-18-11-7-8-12-21-18)22-13-14-24(2)16-17-9-5-4-6-10-17/h4-12H,3,13-16H2,1-2H3,(H2,20,22,23). The molecule has 0 aliphatic carbocycles. The van der Waals surface area contributed by atoms with Crippen LogP contribution in [0.15, 0.2) is 59.7 Å². The topological polar surface area (TPSA) is 52.6 Å². The highest BCUT2D eigenvalue weighted by Crippen LogP contribution is 2.01. The van der Waals surface area contributed by atoms with E-state index >= 15 is 0 Å². The van der Waals surface area contributed by atoms with Gasteiger partial charge in [-0.1, -0.05) is 36.4 Å². The number of rotatable bonds is 8. The average Bonchev–Trinajstić information content (AvgIpc) is 2.61. The van der Waals surface area contributed by atoms with Gasteiger partial charge in [-0.25, -0.2) is 4.99 Å². The summed E-state index contributed by atoms with van der Waals surface area (Å²) >= 11 is 0. The van der Waals surface area contributed by atoms with Crippen LogP contribution in [0.25, 0.3) is 0 Å². The molecule has 0 atom stereocenters. The van der Waals surface area contributed by atoms with E-state index in [1.54, 1.807) is 6.20 Å². The Hall–Kier alpha value is -2.40. The lowest BCUT2D eigenvalue weighted by Gasteiger charge is -2.18. The molecule has 2 aromatic rings. The van der Waals surface area contributed by atoms with Gasteiger partial charge in [-0.15, -0.1) is 0 Å². The van der Waals surface area contributed by atoms with E-state index in [9.17, 15) is 0 Å². The van der Waals surface area contributed by atoms with E-state index in [1.807, 2.05) is 24.3 Å². The van der Waals surface area contributed by atoms with Crippen LogP contribution in [0.5, 0.6) is 0 Å². The summed E-state index contributed by atoms with van der Waals surface area (Å²) in [6.45, 7) is 6.23. The van der Waals surface area contributed by atoms with Crippen LogP contribution in [0.2, 0.25) is 0 Å². The average molecular weight is 325 g/mol. The lowest BCUT2D eigenvalue weighted by Crippen LogP contribution is -2.40. The number of hydrogen-bond donors (Lipinski definition) is 2. The number of pyridine rings is 1. The van der Waals surface area contributed by atoms with Crippen LogP contribution < -0.4 is 10.6 Å². The van der Waals surface area contributed by atoms with Gasteiger partial charge in [-0.3, -0.25) is 4.98 Å². The molecule has 0 amide bonds. The van der Waals surface area contributed by atoms with E-state index in [0.717, 1.165) is 37.8 Å². The highest BCUT2D eigenvalue weighted by atomic mass is 15.2. The van der Waals surface area contributed by atoms with Crippen molar-refractivity contribution in [2.24, 2.45) is 4.99 Å². The first-order valence-electron chi connectivity index (χ1n) is 8.42. The predicted molar refractivity (Wildman–Crippen MR) is 99.8 cm³/mol. The number of likely N-dealkylation sites (N-methyl/N-ethyl adjacent to an activating group) is 1. The number of guanidine groups is 1. The van der Waals surface area contributed by atoms with Crippen molar-refractivity contribution >= 4 is 5.96 Å². The molecule has 0 spiro atoms. The van der Waals surface area contributed by atoms with Gasteiger partial charge in [0.2, 0.25) is 0 Å². The van der Waals surface area contributed by atoms with Crippen LogP contribution in [0.3, 0.4) is 0 Å². The zero-order valence-corrected chi connectivity index (χ0v) is 14.6. The summed E-state index contributed by atoms with van der Waals surface area (Å²) < 4.78 is 0. The fraction of sp³-hybridized carbons (Fsp3) is 0.368. The fourth-order valence-electron chi connectivity index (χ4n) is 2.33. The van der Waals surface area contributed by atoms with Gasteiger partial charge in [0, 0.05) is 32.4 Å². The number of benzene rings is 1. The van der Waals surface area contributed by atoms with E-state index in [4.69, 9.17) is 0 Å². The summed E-state index contributed by atoms with van der Waals surface area (Å²) in [4.78, 5) is 11.2. The van der Waals surface area contributed by atoms with Crippen molar-refractivity contribution in [1.29, 1.82) is 0 Å². The maximum absolute atomic E-state index is 4.58. The van der Waals surface area contributed by atoms with Gasteiger partial charge in [0.25, 0.3) is 0 Å². The number of hydrogen-bond acceptors (Lipinski definition) is 3. The second kappa shape index (κ2) is 10.4. The van der Waals surface area contributed by atoms with Crippen LogP contribution in [-0.4, -0.2) is 42.5 Å². The van der Waals surface area contributed by atoms with Gasteiger partial charge in [0.05, 0.1) is 12.2 Å². The molecule has 5 heteroatoms. The zero-order valence-electron chi connectivity index (χ0n) is 14.6. The summed E-state index contributed by atoms with van der Waals surface area (Å²) in [5.41, 5.74) is 2.30. The predicted octanol–water partition coefficient (Wildman–Crippen LogP) is 2.27. The quantitative estimate of drug-likeness (QED) is 0.577. The van der Waals surface area contributed by atoms with E-state index < -0.39 is 0 Å². The normalized spacial score (nSPS) is 11.5. The minimum absolute atomic E-state index is 0.579. The summed E-state index contributed by atoms with van der Waals surface area (Å²) in [5.74, 6) is 0.830. The number of aliphatic imine (C=N–C) groups is 1. The zero-order chi connectivity index (χ0) is 17.0. The van der Waals surface area contributed by atoms with Gasteiger partial charge in [-0.05, 0) is 31.7 Å². The third kappa shape index (κ3) is 6.79. The molecule has 128 valence electrons. The number of nitrogens with one attached hydrogen (secondary N) is 2. The van der Waals surface area contributed by atoms with Gasteiger partial charge in [-0.2, -0.15) is 0 Å². The first-order valence-corrected chi connectivity index (χ1v) is 8.42. The highest BCUT2D eigenvalue weighted by Gasteiger charge is 2.02. The molecule has 1 heterocycles. The van der Waals surface area contributed by atoms with Gasteiger partial charge in [0.1, 0.15) is 0 Å². The molecule has 0 saturated carbocycles. The van der Waals surface area contributed by atoms with Crippen molar-refractivity contribution in [2.45, 2.75) is 20.0 Å². The molecule has 0 unspecified atom stereocenters. The van der Waals surface area contributed by atoms with Gasteiger partial charge in [0.15, 0.2) is 5.96 Å². The minimum Gasteiger partial charge on any atom is -0.357 e. The molecule has 0 fully saturated rings. The van der Waals surface area contributed by atoms with Crippen LogP contribution in [0.1, 0.15) is 18.2 Å². The first-order chi connectivity index (χ1) is 11.8. The Kier molecular flexibility index (Phi) is 7.77. The van der Waals surface area contributed by atoms with Crippen molar-refractivity contribution in [3.8, 4) is 0 Å². The lowest BCUT2D eigenvalue weighted by molar-refractivity contribution is 0.331. The number of nitrogens with zero attached hydrogens (tertiary/aromatic N) is 3. The van der Waals surface area contributed by atoms with Crippen molar-refractivity contribution in [3.05, 3.63) is 66.0 Å². The second-order valence-electron chi connectivity index (χ2n) is 5.67. The molecule has 0 bridgehead atoms. The maximum Gasteiger partial charge on any atom is 0.191 e. The Labute approximate surface area is 144 Å². The van der Waals surface area contributed by atoms with Crippen molar-refractivity contribution in [2.75, 3.05) is 26.7 Å². The third-order valence-corrected chi connectivity index (χ3v) is 3.55. The molecule has 0 saturated heterocycles. The molecule has 5 nitrogen and oxygen atoms in total. The first kappa shape index (κ1) is 17.9. The molecule has 2 N–H and O–H groups in total. The maximum atomic E-state index is 4.58. The van der Waals surface area contributed by atoms with Crippen LogP contribution >= 0.6 is 0 Å². The van der Waals surface area contributed by atoms with E-state index in [1.165, 1.54) is 5.56 Å². The van der Waals surface area contributed by atoms with Crippen LogP contribution in [-0.2, 0) is 13.1 Å². The molecule has 2 rings (SSSR count). The van der Waals surface area contributed by atoms with E-state index in [2.05, 4.69) is 63.7 Å². The van der Waals surface area contributed by atoms with Gasteiger partial charge < -0.3 is 15.5 Å². The third-order valence-electron chi connectivity index (χ3n) is 3.55. The molecular weight excluding hydrogens is 298 g/mol. The Balaban J connectivity index is 1.76. The summed E-state index contributed by atoms with van der Waals surface area (Å²) in [6.07, 6.45) is 1.80. The Morgan fingerprint density at radius 3 is 2.58 bits per heavy atom. The number of aromatic nitrogens is 1. The molecule has 1 aromatic heterocycles. The van der Waals surface area contributed by atoms with E-state index in [-0.39, 0.29) is 0 Å².